The van der Waals surface area contributed by atoms with Crippen LogP contribution in [0, 0.1) is 17.8 Å². The van der Waals surface area contributed by atoms with Crippen LogP contribution in [0.1, 0.15) is 43.4 Å². The molecule has 0 radical (unpaired) electrons. The molecule has 0 bridgehead atoms. The number of thiazole rings is 1. The first-order valence-corrected chi connectivity index (χ1v) is 16.8. The van der Waals surface area contributed by atoms with Crippen LogP contribution in [-0.2, 0) is 22.7 Å². The summed E-state index contributed by atoms with van der Waals surface area (Å²) in [5.41, 5.74) is 4.53. The van der Waals surface area contributed by atoms with Crippen molar-refractivity contribution in [2.45, 2.75) is 44.6 Å². The first-order chi connectivity index (χ1) is 20.9. The zero-order chi connectivity index (χ0) is 30.2. The number of aromatic nitrogens is 1. The first kappa shape index (κ1) is 30.9. The van der Waals surface area contributed by atoms with Crippen molar-refractivity contribution >= 4 is 44.4 Å². The highest BCUT2D eigenvalue weighted by atomic mass is 32.2. The van der Waals surface area contributed by atoms with Crippen molar-refractivity contribution in [1.82, 2.24) is 9.88 Å². The number of carboxylic acids is 1. The molecule has 0 spiro atoms. The van der Waals surface area contributed by atoms with Crippen molar-refractivity contribution < 1.29 is 14.6 Å². The topological polar surface area (TPSA) is 65.9 Å². The normalized spacial score (nSPS) is 15.8. The van der Waals surface area contributed by atoms with Crippen LogP contribution in [0.15, 0.2) is 72.8 Å². The maximum Gasteiger partial charge on any atom is 0.303 e. The van der Waals surface area contributed by atoms with E-state index in [1.54, 1.807) is 23.1 Å². The molecule has 2 atom stereocenters. The second-order valence-corrected chi connectivity index (χ2v) is 12.9. The Morgan fingerprint density at radius 1 is 1.05 bits per heavy atom. The molecule has 1 saturated heterocycles. The third kappa shape index (κ3) is 7.35. The van der Waals surface area contributed by atoms with E-state index in [9.17, 15) is 9.90 Å². The summed E-state index contributed by atoms with van der Waals surface area (Å²) in [7, 11) is 0. The van der Waals surface area contributed by atoms with E-state index in [4.69, 9.17) is 9.72 Å². The Kier molecular flexibility index (Phi) is 10.3. The van der Waals surface area contributed by atoms with Crippen molar-refractivity contribution in [3.8, 4) is 17.6 Å². The van der Waals surface area contributed by atoms with Gasteiger partial charge in [0, 0.05) is 32.7 Å². The standard InChI is InChI=1S/C35H39N3O3S2/c1-4-18-35(42-3,28(5-2)23-33(39)40)29-14-16-30(17-15-29)41-25-27-12-10-26(11-13-27)24-37-19-21-38(22-20-37)34-36-31-8-6-7-9-32(31)43-34/h6-17,28H,5,19-25H2,1-3H3,(H,39,40)/t28?,35-/m0/s1. The van der Waals surface area contributed by atoms with Crippen LogP contribution in [0.25, 0.3) is 10.2 Å². The molecule has 1 aliphatic rings. The molecular formula is C35H39N3O3S2. The number of benzene rings is 3. The summed E-state index contributed by atoms with van der Waals surface area (Å²) in [6.07, 6.45) is 2.82. The molecule has 3 aromatic carbocycles. The van der Waals surface area contributed by atoms with Gasteiger partial charge in [-0.3, -0.25) is 9.69 Å². The Bertz CT molecular complexity index is 1530. The molecule has 8 heteroatoms. The third-order valence-electron chi connectivity index (χ3n) is 8.16. The molecule has 0 amide bonds. The lowest BCUT2D eigenvalue weighted by atomic mass is 9.81. The number of para-hydroxylation sites is 1. The molecule has 4 aromatic rings. The number of nitrogens with zero attached hydrogens (tertiary/aromatic N) is 3. The molecule has 1 N–H and O–H groups in total. The quantitative estimate of drug-likeness (QED) is 0.169. The van der Waals surface area contributed by atoms with E-state index in [1.165, 1.54) is 10.3 Å². The zero-order valence-electron chi connectivity index (χ0n) is 25.1. The summed E-state index contributed by atoms with van der Waals surface area (Å²) in [5, 5.41) is 10.6. The summed E-state index contributed by atoms with van der Waals surface area (Å²) >= 11 is 3.39. The first-order valence-electron chi connectivity index (χ1n) is 14.8. The van der Waals surface area contributed by atoms with Crippen molar-refractivity contribution in [3.63, 3.8) is 0 Å². The number of fused-ring (bicyclic) bond motifs is 1. The second-order valence-electron chi connectivity index (χ2n) is 10.9. The molecule has 5 rings (SSSR count). The van der Waals surface area contributed by atoms with E-state index >= 15 is 0 Å². The van der Waals surface area contributed by atoms with E-state index in [0.29, 0.717) is 6.61 Å². The van der Waals surface area contributed by atoms with Gasteiger partial charge in [-0.25, -0.2) is 4.98 Å². The fourth-order valence-electron chi connectivity index (χ4n) is 5.77. The summed E-state index contributed by atoms with van der Waals surface area (Å²) in [5.74, 6) is 6.28. The number of carbonyl (C=O) groups is 1. The summed E-state index contributed by atoms with van der Waals surface area (Å²) in [4.78, 5) is 21.3. The van der Waals surface area contributed by atoms with E-state index in [-0.39, 0.29) is 12.3 Å². The maximum atomic E-state index is 11.6. The molecule has 0 saturated carbocycles. The predicted molar refractivity (Wildman–Crippen MR) is 179 cm³/mol. The number of rotatable bonds is 12. The minimum Gasteiger partial charge on any atom is -0.489 e. The van der Waals surface area contributed by atoms with Gasteiger partial charge in [0.2, 0.25) is 0 Å². The lowest BCUT2D eigenvalue weighted by Crippen LogP contribution is -2.45. The Labute approximate surface area is 263 Å². The van der Waals surface area contributed by atoms with Gasteiger partial charge >= 0.3 is 5.97 Å². The highest BCUT2D eigenvalue weighted by Crippen LogP contribution is 2.45. The fraction of sp³-hybridized carbons (Fsp3) is 0.371. The van der Waals surface area contributed by atoms with Crippen molar-refractivity contribution in [1.29, 1.82) is 0 Å². The Morgan fingerprint density at radius 3 is 2.37 bits per heavy atom. The lowest BCUT2D eigenvalue weighted by molar-refractivity contribution is -0.138. The number of hydrogen-bond acceptors (Lipinski definition) is 7. The van der Waals surface area contributed by atoms with E-state index in [1.807, 2.05) is 50.4 Å². The van der Waals surface area contributed by atoms with Crippen LogP contribution in [0.2, 0.25) is 0 Å². The highest BCUT2D eigenvalue weighted by molar-refractivity contribution is 7.99. The molecule has 224 valence electrons. The highest BCUT2D eigenvalue weighted by Gasteiger charge is 2.38. The number of hydrogen-bond donors (Lipinski definition) is 1. The molecule has 1 aromatic heterocycles. The Balaban J connectivity index is 1.13. The van der Waals surface area contributed by atoms with Gasteiger partial charge < -0.3 is 14.7 Å². The van der Waals surface area contributed by atoms with Gasteiger partial charge in [-0.2, -0.15) is 0 Å². The average molecular weight is 614 g/mol. The number of aliphatic carboxylic acids is 1. The van der Waals surface area contributed by atoms with Gasteiger partial charge in [0.1, 0.15) is 17.1 Å². The van der Waals surface area contributed by atoms with Crippen LogP contribution < -0.4 is 9.64 Å². The molecule has 1 fully saturated rings. The number of carboxylic acid groups (broad SMARTS) is 1. The predicted octanol–water partition coefficient (Wildman–Crippen LogP) is 7.28. The largest absolute Gasteiger partial charge is 0.489 e. The third-order valence-corrected chi connectivity index (χ3v) is 10.6. The van der Waals surface area contributed by atoms with Crippen molar-refractivity contribution in [2.24, 2.45) is 5.92 Å². The molecule has 1 aliphatic heterocycles. The van der Waals surface area contributed by atoms with Crippen LogP contribution in [0.4, 0.5) is 5.13 Å². The number of thioether (sulfide) groups is 1. The van der Waals surface area contributed by atoms with E-state index in [2.05, 4.69) is 64.1 Å². The Morgan fingerprint density at radius 2 is 1.74 bits per heavy atom. The Hall–Kier alpha value is -3.51. The molecule has 2 heterocycles. The number of ether oxygens (including phenoxy) is 1. The fourth-order valence-corrected chi connectivity index (χ4v) is 7.95. The summed E-state index contributed by atoms with van der Waals surface area (Å²) < 4.78 is 6.79. The van der Waals surface area contributed by atoms with Crippen LogP contribution in [-0.4, -0.2) is 53.4 Å². The molecule has 0 aliphatic carbocycles. The smallest absolute Gasteiger partial charge is 0.303 e. The van der Waals surface area contributed by atoms with E-state index < -0.39 is 10.7 Å². The minimum absolute atomic E-state index is 0.0840. The monoisotopic (exact) mass is 613 g/mol. The van der Waals surface area contributed by atoms with Crippen molar-refractivity contribution in [3.05, 3.63) is 89.5 Å². The SMILES string of the molecule is CC#C[C@@](SC)(c1ccc(OCc2ccc(CN3CCN(c4nc5ccccc5s4)CC3)cc2)cc1)C(CC)CC(=O)O. The van der Waals surface area contributed by atoms with Crippen LogP contribution in [0.3, 0.4) is 0 Å². The zero-order valence-corrected chi connectivity index (χ0v) is 26.7. The van der Waals surface area contributed by atoms with Gasteiger partial charge in [0.05, 0.1) is 16.6 Å². The maximum absolute atomic E-state index is 11.6. The van der Waals surface area contributed by atoms with Gasteiger partial charge in [-0.1, -0.05) is 79.1 Å². The molecule has 1 unspecified atom stereocenters. The molecule has 6 nitrogen and oxygen atoms in total. The minimum atomic E-state index is -0.794. The summed E-state index contributed by atoms with van der Waals surface area (Å²) in [6.45, 7) is 9.30. The summed E-state index contributed by atoms with van der Waals surface area (Å²) in [6, 6.07) is 25.0. The van der Waals surface area contributed by atoms with Crippen LogP contribution in [0.5, 0.6) is 5.75 Å². The average Bonchev–Trinajstić information content (AvgIpc) is 3.47. The van der Waals surface area contributed by atoms with Crippen LogP contribution >= 0.6 is 23.1 Å². The van der Waals surface area contributed by atoms with Gasteiger partial charge in [0.25, 0.3) is 0 Å². The van der Waals surface area contributed by atoms with Gasteiger partial charge in [0.15, 0.2) is 5.13 Å². The van der Waals surface area contributed by atoms with Gasteiger partial charge in [-0.05, 0) is 60.1 Å². The van der Waals surface area contributed by atoms with Crippen molar-refractivity contribution in [2.75, 3.05) is 37.3 Å². The lowest BCUT2D eigenvalue weighted by Gasteiger charge is -2.35. The second kappa shape index (κ2) is 14.3. The van der Waals surface area contributed by atoms with E-state index in [0.717, 1.165) is 66.7 Å². The van der Waals surface area contributed by atoms with Gasteiger partial charge in [-0.15, -0.1) is 17.7 Å². The number of piperazine rings is 1. The molecular weight excluding hydrogens is 575 g/mol. The molecule has 43 heavy (non-hydrogen) atoms. The number of anilines is 1.